The third-order valence-corrected chi connectivity index (χ3v) is 3.82. The van der Waals surface area contributed by atoms with Gasteiger partial charge in [0.05, 0.1) is 5.56 Å². The molecule has 1 fully saturated rings. The smallest absolute Gasteiger partial charge is 0.253 e. The number of halogens is 1. The maximum absolute atomic E-state index is 12.0. The van der Waals surface area contributed by atoms with Crippen LogP contribution in [-0.4, -0.2) is 16.4 Å². The molecule has 0 spiro atoms. The lowest BCUT2D eigenvalue weighted by atomic mass is 9.74. The summed E-state index contributed by atoms with van der Waals surface area (Å²) in [7, 11) is 0. The molecule has 2 rings (SSSR count). The zero-order chi connectivity index (χ0) is 11.6. The summed E-state index contributed by atoms with van der Waals surface area (Å²) in [5.74, 6) is -0.0125. The van der Waals surface area contributed by atoms with Gasteiger partial charge in [-0.05, 0) is 53.7 Å². The van der Waals surface area contributed by atoms with Gasteiger partial charge in [0.15, 0.2) is 0 Å². The van der Waals surface area contributed by atoms with Crippen LogP contribution in [0.4, 0.5) is 0 Å². The zero-order valence-corrected chi connectivity index (χ0v) is 10.9. The van der Waals surface area contributed by atoms with Gasteiger partial charge in [0.25, 0.3) is 5.91 Å². The number of carbonyl (C=O) groups excluding carboxylic acids is 1. The number of amides is 1. The molecule has 0 bridgehead atoms. The molecule has 0 radical (unpaired) electrons. The summed E-state index contributed by atoms with van der Waals surface area (Å²) in [6, 6.07) is 3.57. The van der Waals surface area contributed by atoms with E-state index in [2.05, 4.69) is 33.2 Å². The second kappa shape index (κ2) is 4.53. The van der Waals surface area contributed by atoms with Gasteiger partial charge in [-0.3, -0.25) is 4.79 Å². The van der Waals surface area contributed by atoms with E-state index in [0.29, 0.717) is 5.56 Å². The van der Waals surface area contributed by atoms with Crippen molar-refractivity contribution in [3.63, 3.8) is 0 Å². The molecule has 16 heavy (non-hydrogen) atoms. The van der Waals surface area contributed by atoms with Crippen LogP contribution >= 0.6 is 15.9 Å². The first-order chi connectivity index (χ1) is 7.65. The van der Waals surface area contributed by atoms with E-state index in [1.165, 1.54) is 6.42 Å². The van der Waals surface area contributed by atoms with Crippen LogP contribution in [0.25, 0.3) is 0 Å². The molecule has 0 atom stereocenters. The minimum Gasteiger partial charge on any atom is -0.347 e. The summed E-state index contributed by atoms with van der Waals surface area (Å²) < 4.78 is 0.748. The summed E-state index contributed by atoms with van der Waals surface area (Å²) in [5, 5.41) is 3.12. The standard InChI is InChI=1S/C12H15BrN2O/c1-2-12(6-3-7-12)15-11(16)9-4-5-10(13)14-8-9/h4-5,8H,2-3,6-7H2,1H3,(H,15,16). The predicted octanol–water partition coefficient (Wildman–Crippen LogP) is 2.91. The number of hydrogen-bond donors (Lipinski definition) is 1. The van der Waals surface area contributed by atoms with Crippen LogP contribution in [0.3, 0.4) is 0 Å². The van der Waals surface area contributed by atoms with E-state index in [9.17, 15) is 4.79 Å². The van der Waals surface area contributed by atoms with Gasteiger partial charge in [-0.2, -0.15) is 0 Å². The van der Waals surface area contributed by atoms with Gasteiger partial charge in [-0.25, -0.2) is 4.98 Å². The van der Waals surface area contributed by atoms with Crippen molar-refractivity contribution >= 4 is 21.8 Å². The second-order valence-electron chi connectivity index (χ2n) is 4.31. The van der Waals surface area contributed by atoms with E-state index in [4.69, 9.17) is 0 Å². The Bertz CT molecular complexity index is 379. The second-order valence-corrected chi connectivity index (χ2v) is 5.12. The fourth-order valence-electron chi connectivity index (χ4n) is 1.99. The summed E-state index contributed by atoms with van der Waals surface area (Å²) in [5.41, 5.74) is 0.673. The summed E-state index contributed by atoms with van der Waals surface area (Å²) >= 11 is 3.25. The SMILES string of the molecule is CCC1(NC(=O)c2ccc(Br)nc2)CCC1. The highest BCUT2D eigenvalue weighted by molar-refractivity contribution is 9.10. The summed E-state index contributed by atoms with van der Waals surface area (Å²) in [4.78, 5) is 16.0. The van der Waals surface area contributed by atoms with Crippen molar-refractivity contribution in [2.75, 3.05) is 0 Å². The van der Waals surface area contributed by atoms with E-state index in [1.54, 1.807) is 18.3 Å². The van der Waals surface area contributed by atoms with Gasteiger partial charge >= 0.3 is 0 Å². The average Bonchev–Trinajstić information content (AvgIpc) is 2.24. The summed E-state index contributed by atoms with van der Waals surface area (Å²) in [6.07, 6.45) is 6.01. The Morgan fingerprint density at radius 1 is 1.56 bits per heavy atom. The molecule has 3 nitrogen and oxygen atoms in total. The van der Waals surface area contributed by atoms with Crippen molar-refractivity contribution in [1.29, 1.82) is 0 Å². The Morgan fingerprint density at radius 3 is 2.75 bits per heavy atom. The molecule has 1 aromatic rings. The molecule has 4 heteroatoms. The van der Waals surface area contributed by atoms with Crippen molar-refractivity contribution in [3.8, 4) is 0 Å². The Balaban J connectivity index is 2.05. The fraction of sp³-hybridized carbons (Fsp3) is 0.500. The van der Waals surface area contributed by atoms with Crippen LogP contribution < -0.4 is 5.32 Å². The minimum absolute atomic E-state index is 0.0125. The first kappa shape index (κ1) is 11.6. The molecule has 1 saturated carbocycles. The van der Waals surface area contributed by atoms with Crippen LogP contribution in [0.1, 0.15) is 43.0 Å². The Kier molecular flexibility index (Phi) is 3.28. The number of carbonyl (C=O) groups is 1. The highest BCUT2D eigenvalue weighted by Crippen LogP contribution is 2.34. The normalized spacial score (nSPS) is 17.6. The molecule has 1 aliphatic rings. The van der Waals surface area contributed by atoms with Gasteiger partial charge in [-0.1, -0.05) is 6.92 Å². The molecule has 0 aromatic carbocycles. The number of nitrogens with zero attached hydrogens (tertiary/aromatic N) is 1. The van der Waals surface area contributed by atoms with Crippen molar-refractivity contribution < 1.29 is 4.79 Å². The van der Waals surface area contributed by atoms with E-state index in [1.807, 2.05) is 0 Å². The number of hydrogen-bond acceptors (Lipinski definition) is 2. The minimum atomic E-state index is -0.0125. The average molecular weight is 283 g/mol. The molecule has 0 unspecified atom stereocenters. The third kappa shape index (κ3) is 2.26. The highest BCUT2D eigenvalue weighted by atomic mass is 79.9. The quantitative estimate of drug-likeness (QED) is 0.867. The van der Waals surface area contributed by atoms with Crippen LogP contribution in [0.2, 0.25) is 0 Å². The molecule has 0 saturated heterocycles. The van der Waals surface area contributed by atoms with Crippen LogP contribution in [0.5, 0.6) is 0 Å². The third-order valence-electron chi connectivity index (χ3n) is 3.36. The fourth-order valence-corrected chi connectivity index (χ4v) is 2.23. The maximum Gasteiger partial charge on any atom is 0.253 e. The molecule has 86 valence electrons. The Morgan fingerprint density at radius 2 is 2.31 bits per heavy atom. The van der Waals surface area contributed by atoms with Gasteiger partial charge in [0.1, 0.15) is 4.60 Å². The van der Waals surface area contributed by atoms with Crippen molar-refractivity contribution in [3.05, 3.63) is 28.5 Å². The topological polar surface area (TPSA) is 42.0 Å². The number of nitrogens with one attached hydrogen (secondary N) is 1. The Labute approximate surface area is 104 Å². The van der Waals surface area contributed by atoms with Crippen LogP contribution in [-0.2, 0) is 0 Å². The first-order valence-electron chi connectivity index (χ1n) is 5.59. The van der Waals surface area contributed by atoms with Gasteiger partial charge in [0, 0.05) is 11.7 Å². The van der Waals surface area contributed by atoms with Crippen molar-refractivity contribution in [2.24, 2.45) is 0 Å². The number of aromatic nitrogens is 1. The molecule has 1 N–H and O–H groups in total. The van der Waals surface area contributed by atoms with Crippen LogP contribution in [0.15, 0.2) is 22.9 Å². The Hall–Kier alpha value is -0.900. The number of pyridine rings is 1. The largest absolute Gasteiger partial charge is 0.347 e. The van der Waals surface area contributed by atoms with Gasteiger partial charge < -0.3 is 5.32 Å². The molecule has 1 amide bonds. The van der Waals surface area contributed by atoms with Gasteiger partial charge in [-0.15, -0.1) is 0 Å². The monoisotopic (exact) mass is 282 g/mol. The van der Waals surface area contributed by atoms with E-state index < -0.39 is 0 Å². The van der Waals surface area contributed by atoms with E-state index in [0.717, 1.165) is 23.9 Å². The molecule has 0 aliphatic heterocycles. The molecule has 1 aliphatic carbocycles. The summed E-state index contributed by atoms with van der Waals surface area (Å²) in [6.45, 7) is 2.12. The van der Waals surface area contributed by atoms with Gasteiger partial charge in [0.2, 0.25) is 0 Å². The van der Waals surface area contributed by atoms with E-state index in [-0.39, 0.29) is 11.4 Å². The first-order valence-corrected chi connectivity index (χ1v) is 6.39. The van der Waals surface area contributed by atoms with Crippen molar-refractivity contribution in [1.82, 2.24) is 10.3 Å². The molecular weight excluding hydrogens is 268 g/mol. The molecule has 1 aromatic heterocycles. The zero-order valence-electron chi connectivity index (χ0n) is 9.29. The van der Waals surface area contributed by atoms with Crippen molar-refractivity contribution in [2.45, 2.75) is 38.1 Å². The lowest BCUT2D eigenvalue weighted by molar-refractivity contribution is 0.0820. The lowest BCUT2D eigenvalue weighted by Gasteiger charge is -2.42. The van der Waals surface area contributed by atoms with Crippen LogP contribution in [0, 0.1) is 0 Å². The maximum atomic E-state index is 12.0. The molecule has 1 heterocycles. The predicted molar refractivity (Wildman–Crippen MR) is 66.3 cm³/mol. The lowest BCUT2D eigenvalue weighted by Crippen LogP contribution is -2.52. The molecular formula is C12H15BrN2O. The number of rotatable bonds is 3. The highest BCUT2D eigenvalue weighted by Gasteiger charge is 2.36. The van der Waals surface area contributed by atoms with E-state index >= 15 is 0 Å².